The number of phenolic OH excluding ortho intramolecular Hbond substituents is 1. The molecule has 1 aromatic rings. The molecule has 8 nitrogen and oxygen atoms in total. The van der Waals surface area contributed by atoms with Gasteiger partial charge in [-0.05, 0) is 31.2 Å². The number of likely N-dealkylation sites (tertiary alicyclic amines) is 2. The Kier molecular flexibility index (Phi) is 6.20. The van der Waals surface area contributed by atoms with Crippen molar-refractivity contribution in [2.24, 2.45) is 17.8 Å². The zero-order valence-corrected chi connectivity index (χ0v) is 22.8. The fourth-order valence-corrected chi connectivity index (χ4v) is 7.92. The number of carbonyl (C=O) groups excluding carboxylic acids is 4. The van der Waals surface area contributed by atoms with Crippen LogP contribution >= 0.6 is 39.1 Å². The number of amides is 4. The molecule has 4 aliphatic rings. The number of halogens is 3. The summed E-state index contributed by atoms with van der Waals surface area (Å²) >= 11 is 17.4. The maximum absolute atomic E-state index is 13.7. The predicted molar refractivity (Wildman–Crippen MR) is 135 cm³/mol. The largest absolute Gasteiger partial charge is 0.508 e. The number of carbonyl (C=O) groups is 4. The van der Waals surface area contributed by atoms with E-state index in [1.165, 1.54) is 18.1 Å². The minimum atomic E-state index is -1.95. The summed E-state index contributed by atoms with van der Waals surface area (Å²) in [6.45, 7) is 2.21. The van der Waals surface area contributed by atoms with Crippen LogP contribution in [0.1, 0.15) is 37.7 Å². The highest BCUT2D eigenvalue weighted by Crippen LogP contribution is 2.66. The van der Waals surface area contributed by atoms with Crippen molar-refractivity contribution >= 4 is 62.8 Å². The Morgan fingerprint density at radius 1 is 1.11 bits per heavy atom. The number of fused-ring (bicyclic) bond motifs is 4. The van der Waals surface area contributed by atoms with Gasteiger partial charge in [-0.2, -0.15) is 0 Å². The fourth-order valence-electron chi connectivity index (χ4n) is 6.50. The third-order valence-electron chi connectivity index (χ3n) is 8.10. The molecule has 0 spiro atoms. The average molecular weight is 600 g/mol. The van der Waals surface area contributed by atoms with E-state index in [0.717, 1.165) is 4.90 Å². The number of allylic oxidation sites excluding steroid dienone is 2. The molecule has 1 saturated carbocycles. The van der Waals surface area contributed by atoms with Gasteiger partial charge in [0.15, 0.2) is 9.75 Å². The Balaban J connectivity index is 1.72. The normalized spacial score (nSPS) is 35.5. The Bertz CT molecular complexity index is 1220. The number of benzene rings is 1. The molecule has 36 heavy (non-hydrogen) atoms. The first-order valence-corrected chi connectivity index (χ1v) is 13.7. The van der Waals surface area contributed by atoms with Gasteiger partial charge in [-0.3, -0.25) is 29.0 Å². The number of hydrogen-bond donors (Lipinski definition) is 1. The third-order valence-corrected chi connectivity index (χ3v) is 10.0. The maximum Gasteiger partial charge on any atom is 0.254 e. The van der Waals surface area contributed by atoms with E-state index in [-0.39, 0.29) is 29.4 Å². The topological polar surface area (TPSA) is 104 Å². The Morgan fingerprint density at radius 2 is 1.83 bits per heavy atom. The summed E-state index contributed by atoms with van der Waals surface area (Å²) < 4.78 is 5.21. The Labute approximate surface area is 226 Å². The zero-order chi connectivity index (χ0) is 26.2. The van der Waals surface area contributed by atoms with E-state index in [4.69, 9.17) is 27.9 Å². The Hall–Kier alpha value is -2.10. The smallest absolute Gasteiger partial charge is 0.254 e. The van der Waals surface area contributed by atoms with Crippen LogP contribution in [0.15, 0.2) is 29.8 Å². The first-order chi connectivity index (χ1) is 17.1. The second-order valence-corrected chi connectivity index (χ2v) is 11.5. The molecular weight excluding hydrogens is 575 g/mol. The first kappa shape index (κ1) is 25.5. The quantitative estimate of drug-likeness (QED) is 0.240. The molecular formula is C25H25BrCl2N2O6. The van der Waals surface area contributed by atoms with Crippen LogP contribution in [0.2, 0.25) is 0 Å². The number of aromatic hydroxyl groups is 1. The number of nitrogens with zero attached hydrogens (tertiary/aromatic N) is 2. The lowest BCUT2D eigenvalue weighted by molar-refractivity contribution is -0.141. The van der Waals surface area contributed by atoms with E-state index < -0.39 is 45.2 Å². The SMILES string of the molecule is CCCN1C(=O)C2CC=C3C(CC4(Cl)C(=O)N(CBr)C(=O)C4(Cl)C3c3ccc(OC)cc3O)C2C1=O. The van der Waals surface area contributed by atoms with Crippen LogP contribution in [0.5, 0.6) is 11.5 Å². The van der Waals surface area contributed by atoms with Crippen LogP contribution in [0.4, 0.5) is 0 Å². The van der Waals surface area contributed by atoms with Crippen LogP contribution in [0, 0.1) is 17.8 Å². The lowest BCUT2D eigenvalue weighted by Crippen LogP contribution is -2.60. The highest BCUT2D eigenvalue weighted by Gasteiger charge is 2.76. The van der Waals surface area contributed by atoms with Gasteiger partial charge in [0.1, 0.15) is 11.5 Å². The predicted octanol–water partition coefficient (Wildman–Crippen LogP) is 3.52. The monoisotopic (exact) mass is 598 g/mol. The standard InChI is InChI=1S/C25H25BrCl2N2O6/c1-3-8-29-20(32)15-7-6-13-16(18(15)21(29)33)10-24(27)22(34)30(11-26)23(35)25(24,28)19(13)14-5-4-12(36-2)9-17(14)31/h4-6,9,15-16,18-19,31H,3,7-8,10-11H2,1-2H3. The molecule has 5 rings (SSSR count). The van der Waals surface area contributed by atoms with Crippen molar-refractivity contribution < 1.29 is 29.0 Å². The summed E-state index contributed by atoms with van der Waals surface area (Å²) in [6.07, 6.45) is 2.68. The lowest BCUT2D eigenvalue weighted by atomic mass is 9.56. The number of alkyl halides is 3. The summed E-state index contributed by atoms with van der Waals surface area (Å²) in [6, 6.07) is 4.62. The Morgan fingerprint density at radius 3 is 2.44 bits per heavy atom. The van der Waals surface area contributed by atoms with Gasteiger partial charge in [-0.25, -0.2) is 0 Å². The molecule has 2 heterocycles. The number of phenols is 1. The minimum absolute atomic E-state index is 0.0778. The van der Waals surface area contributed by atoms with Crippen LogP contribution < -0.4 is 4.74 Å². The molecule has 6 unspecified atom stereocenters. The molecule has 0 radical (unpaired) electrons. The van der Waals surface area contributed by atoms with E-state index >= 15 is 0 Å². The van der Waals surface area contributed by atoms with Crippen molar-refractivity contribution in [1.29, 1.82) is 0 Å². The second kappa shape index (κ2) is 8.74. The van der Waals surface area contributed by atoms with E-state index in [9.17, 15) is 24.3 Å². The van der Waals surface area contributed by atoms with Crippen molar-refractivity contribution in [3.63, 3.8) is 0 Å². The molecule has 3 fully saturated rings. The molecule has 0 bridgehead atoms. The van der Waals surface area contributed by atoms with Crippen LogP contribution in [0.3, 0.4) is 0 Å². The lowest BCUT2D eigenvalue weighted by Gasteiger charge is -2.50. The average Bonchev–Trinajstić information content (AvgIpc) is 3.18. The molecule has 1 aromatic carbocycles. The number of methoxy groups -OCH3 is 1. The number of ether oxygens (including phenoxy) is 1. The van der Waals surface area contributed by atoms with Crippen molar-refractivity contribution in [3.8, 4) is 11.5 Å². The summed E-state index contributed by atoms with van der Waals surface area (Å²) in [5, 5.41) is 11.0. The summed E-state index contributed by atoms with van der Waals surface area (Å²) in [7, 11) is 1.46. The van der Waals surface area contributed by atoms with Gasteiger partial charge in [0.05, 0.1) is 24.4 Å². The van der Waals surface area contributed by atoms with E-state index in [0.29, 0.717) is 36.3 Å². The molecule has 2 aliphatic heterocycles. The van der Waals surface area contributed by atoms with Gasteiger partial charge >= 0.3 is 0 Å². The van der Waals surface area contributed by atoms with Gasteiger partial charge in [0.25, 0.3) is 11.8 Å². The van der Waals surface area contributed by atoms with E-state index in [1.54, 1.807) is 12.1 Å². The van der Waals surface area contributed by atoms with Gasteiger partial charge in [-0.1, -0.05) is 40.6 Å². The molecule has 192 valence electrons. The molecule has 2 saturated heterocycles. The molecule has 4 amide bonds. The molecule has 2 aliphatic carbocycles. The minimum Gasteiger partial charge on any atom is -0.508 e. The second-order valence-electron chi connectivity index (χ2n) is 9.74. The van der Waals surface area contributed by atoms with Crippen molar-refractivity contribution in [1.82, 2.24) is 9.80 Å². The number of hydrogen-bond acceptors (Lipinski definition) is 6. The molecule has 0 aromatic heterocycles. The van der Waals surface area contributed by atoms with Gasteiger partial charge in [0.2, 0.25) is 11.8 Å². The molecule has 1 N–H and O–H groups in total. The third kappa shape index (κ3) is 3.11. The maximum atomic E-state index is 13.7. The number of imide groups is 2. The number of rotatable bonds is 5. The summed E-state index contributed by atoms with van der Waals surface area (Å²) in [4.78, 5) is 52.2. The molecule has 6 atom stereocenters. The zero-order valence-electron chi connectivity index (χ0n) is 19.7. The molecule has 11 heteroatoms. The van der Waals surface area contributed by atoms with E-state index in [2.05, 4.69) is 15.9 Å². The van der Waals surface area contributed by atoms with Crippen molar-refractivity contribution in [3.05, 3.63) is 35.4 Å². The highest BCUT2D eigenvalue weighted by atomic mass is 79.9. The summed E-state index contributed by atoms with van der Waals surface area (Å²) in [5.41, 5.74) is 0.830. The van der Waals surface area contributed by atoms with E-state index in [1.807, 2.05) is 13.0 Å². The van der Waals surface area contributed by atoms with Gasteiger partial charge in [0, 0.05) is 24.1 Å². The van der Waals surface area contributed by atoms with Gasteiger partial charge in [-0.15, -0.1) is 23.2 Å². The highest BCUT2D eigenvalue weighted by molar-refractivity contribution is 9.09. The van der Waals surface area contributed by atoms with Crippen molar-refractivity contribution in [2.45, 2.75) is 41.9 Å². The van der Waals surface area contributed by atoms with Crippen LogP contribution in [-0.2, 0) is 19.2 Å². The first-order valence-electron chi connectivity index (χ1n) is 11.8. The fraction of sp³-hybridized carbons (Fsp3) is 0.520. The summed E-state index contributed by atoms with van der Waals surface area (Å²) in [5.74, 6) is -4.55. The van der Waals surface area contributed by atoms with Crippen molar-refractivity contribution in [2.75, 3.05) is 19.1 Å². The van der Waals surface area contributed by atoms with Gasteiger partial charge < -0.3 is 9.84 Å². The van der Waals surface area contributed by atoms with Crippen LogP contribution in [0.25, 0.3) is 0 Å². The van der Waals surface area contributed by atoms with Crippen LogP contribution in [-0.4, -0.2) is 67.4 Å².